The maximum Gasteiger partial charge on any atom is 0.358 e. The molecule has 4 aliphatic heterocycles. The number of fused-ring (bicyclic) bond motifs is 2. The van der Waals surface area contributed by atoms with E-state index in [0.717, 1.165) is 22.5 Å². The normalized spacial score (nSPS) is 21.1. The zero-order chi connectivity index (χ0) is 41.5. The minimum atomic E-state index is -3.11. The van der Waals surface area contributed by atoms with Gasteiger partial charge in [0.1, 0.15) is 23.5 Å². The number of halogens is 4. The molecule has 4 amide bonds. The van der Waals surface area contributed by atoms with Crippen LogP contribution in [0.3, 0.4) is 0 Å². The third kappa shape index (κ3) is 7.64. The van der Waals surface area contributed by atoms with E-state index in [9.17, 15) is 33.6 Å². The number of esters is 3. The van der Waals surface area contributed by atoms with Crippen LogP contribution in [-0.2, 0) is 60.6 Å². The highest BCUT2D eigenvalue weighted by molar-refractivity contribution is 6.61. The summed E-state index contributed by atoms with van der Waals surface area (Å²) in [5, 5.41) is 5.37. The minimum absolute atomic E-state index is 0.0228. The Morgan fingerprint density at radius 3 is 1.50 bits per heavy atom. The second-order valence-corrected chi connectivity index (χ2v) is 16.2. The fourth-order valence-electron chi connectivity index (χ4n) is 7.38. The number of nitrogens with zero attached hydrogens (tertiary/aromatic N) is 2. The summed E-state index contributed by atoms with van der Waals surface area (Å²) in [7, 11) is 1.06. The number of amides is 4. The topological polar surface area (TPSA) is 178 Å². The first-order valence-electron chi connectivity index (χ1n) is 17.8. The summed E-state index contributed by atoms with van der Waals surface area (Å²) in [4.78, 5) is 95.1. The van der Waals surface area contributed by atoms with Crippen molar-refractivity contribution in [3.05, 3.63) is 125 Å². The largest absolute Gasteiger partial charge is 0.466 e. The zero-order valence-corrected chi connectivity index (χ0v) is 33.3. The van der Waals surface area contributed by atoms with Crippen molar-refractivity contribution in [2.24, 2.45) is 0 Å². The highest BCUT2D eigenvalue weighted by Crippen LogP contribution is 2.49. The summed E-state index contributed by atoms with van der Waals surface area (Å²) in [6.45, 7) is 0. The summed E-state index contributed by atoms with van der Waals surface area (Å²) in [6.07, 6.45) is -0.0964. The molecular weight excluding hydrogens is 838 g/mol. The number of methoxy groups -OCH3 is 1. The van der Waals surface area contributed by atoms with Gasteiger partial charge in [0.25, 0.3) is 11.8 Å². The molecule has 0 aliphatic carbocycles. The molecule has 18 heteroatoms. The number of nitrogens with one attached hydrogen (secondary N) is 2. The van der Waals surface area contributed by atoms with Crippen molar-refractivity contribution in [1.29, 1.82) is 0 Å². The van der Waals surface area contributed by atoms with Crippen LogP contribution < -0.4 is 10.6 Å². The molecule has 14 nitrogen and oxygen atoms in total. The second kappa shape index (κ2) is 16.1. The van der Waals surface area contributed by atoms with Crippen molar-refractivity contribution in [2.45, 2.75) is 58.9 Å². The van der Waals surface area contributed by atoms with Crippen LogP contribution in [0.2, 0.25) is 0 Å². The number of β-lactam (4-membered cyclic amide) rings is 2. The number of benzene rings is 3. The number of alkyl halides is 4. The summed E-state index contributed by atoms with van der Waals surface area (Å²) in [5.74, 6) is -5.96. The lowest BCUT2D eigenvalue weighted by atomic mass is 9.92. The minimum Gasteiger partial charge on any atom is -0.466 e. The molecule has 0 aromatic heterocycles. The first-order valence-corrected chi connectivity index (χ1v) is 19.3. The van der Waals surface area contributed by atoms with Crippen molar-refractivity contribution in [1.82, 2.24) is 20.4 Å². The molecule has 7 rings (SSSR count). The van der Waals surface area contributed by atoms with Crippen molar-refractivity contribution in [3.63, 3.8) is 0 Å². The van der Waals surface area contributed by atoms with Gasteiger partial charge in [-0.05, 0) is 75.1 Å². The van der Waals surface area contributed by atoms with Gasteiger partial charge >= 0.3 is 26.9 Å². The predicted molar refractivity (Wildman–Crippen MR) is 208 cm³/mol. The van der Waals surface area contributed by atoms with E-state index in [4.69, 9.17) is 60.6 Å². The van der Waals surface area contributed by atoms with Gasteiger partial charge in [-0.3, -0.25) is 29.0 Å². The monoisotopic (exact) mass is 868 g/mol. The standard InChI is InChI=1S/C40H32Cl4N4O10/c1-56-36(53)25-20-27-31(46-29(50)18-22-13-7-3-8-14-22)35(52)48(27)33(25)38(55)58-40(43,44)39(41,42)57-37(54)32-24(23-15-9-4-10-16-23)19-26-30(34(51)47(26)32)45-28(49)17-21-11-5-2-6-12-21/h2-16,26-27,30-31H,17-20H2,1H3,(H,45,49)(H,46,50)/t26-,27-,30-,31+/m1/s1. The molecule has 4 heterocycles. The van der Waals surface area contributed by atoms with E-state index < -0.39 is 80.4 Å². The quantitative estimate of drug-likeness (QED) is 0.111. The Morgan fingerprint density at radius 1 is 0.621 bits per heavy atom. The van der Waals surface area contributed by atoms with Crippen LogP contribution in [-0.4, -0.2) is 91.7 Å². The lowest BCUT2D eigenvalue weighted by Gasteiger charge is -2.44. The van der Waals surface area contributed by atoms with Crippen LogP contribution in [0.25, 0.3) is 5.57 Å². The molecule has 0 spiro atoms. The molecule has 58 heavy (non-hydrogen) atoms. The van der Waals surface area contributed by atoms with E-state index in [1.54, 1.807) is 84.9 Å². The Kier molecular flexibility index (Phi) is 11.3. The van der Waals surface area contributed by atoms with Gasteiger partial charge in [-0.15, -0.1) is 0 Å². The Hall–Kier alpha value is -5.41. The molecule has 2 saturated heterocycles. The molecule has 4 atom stereocenters. The Balaban J connectivity index is 1.06. The number of hydrogen-bond donors (Lipinski definition) is 2. The molecule has 2 N–H and O–H groups in total. The summed E-state index contributed by atoms with van der Waals surface area (Å²) in [5.41, 5.74) is 1.17. The van der Waals surface area contributed by atoms with E-state index >= 15 is 0 Å². The first-order chi connectivity index (χ1) is 27.6. The Bertz CT molecular complexity index is 2270. The lowest BCUT2D eigenvalue weighted by molar-refractivity contribution is -0.165. The van der Waals surface area contributed by atoms with Gasteiger partial charge < -0.3 is 24.8 Å². The Morgan fingerprint density at radius 2 is 1.03 bits per heavy atom. The van der Waals surface area contributed by atoms with Crippen molar-refractivity contribution in [2.75, 3.05) is 7.11 Å². The van der Waals surface area contributed by atoms with Gasteiger partial charge in [-0.2, -0.15) is 0 Å². The van der Waals surface area contributed by atoms with Gasteiger partial charge in [0.15, 0.2) is 0 Å². The third-order valence-electron chi connectivity index (χ3n) is 10.1. The van der Waals surface area contributed by atoms with Crippen LogP contribution in [0.5, 0.6) is 0 Å². The van der Waals surface area contributed by atoms with Gasteiger partial charge in [0.2, 0.25) is 11.8 Å². The second-order valence-electron chi connectivity index (χ2n) is 13.7. The van der Waals surface area contributed by atoms with E-state index in [1.807, 2.05) is 6.07 Å². The van der Waals surface area contributed by atoms with Crippen LogP contribution in [0.15, 0.2) is 108 Å². The first kappa shape index (κ1) is 40.8. The van der Waals surface area contributed by atoms with E-state index in [2.05, 4.69) is 10.6 Å². The van der Waals surface area contributed by atoms with Crippen LogP contribution in [0, 0.1) is 0 Å². The maximum atomic E-state index is 14.0. The van der Waals surface area contributed by atoms with E-state index in [0.29, 0.717) is 16.7 Å². The predicted octanol–water partition coefficient (Wildman–Crippen LogP) is 3.86. The van der Waals surface area contributed by atoms with Gasteiger partial charge in [0, 0.05) is 6.42 Å². The molecule has 2 fully saturated rings. The summed E-state index contributed by atoms with van der Waals surface area (Å²) < 4.78 is 9.25. The average Bonchev–Trinajstić information content (AvgIpc) is 3.75. The van der Waals surface area contributed by atoms with Crippen LogP contribution >= 0.6 is 46.4 Å². The lowest BCUT2D eigenvalue weighted by Crippen LogP contribution is -2.69. The average molecular weight is 871 g/mol. The molecule has 3 aromatic rings. The van der Waals surface area contributed by atoms with E-state index in [1.165, 1.54) is 0 Å². The summed E-state index contributed by atoms with van der Waals surface area (Å²) in [6, 6.07) is 22.7. The molecule has 0 saturated carbocycles. The van der Waals surface area contributed by atoms with Gasteiger partial charge in [-0.1, -0.05) is 91.0 Å². The SMILES string of the molecule is COC(=O)C1=C(C(=O)OC(Cl)(Cl)C(Cl)(Cl)OC(=O)C2=C(c3ccccc3)C[C@@H]3[C@@H](NC(=O)Cc4ccccc4)C(=O)N23)N2C(=O)[C@@H](NC(=O)Cc3ccccc3)[C@H]2C1. The van der Waals surface area contributed by atoms with Gasteiger partial charge in [0.05, 0.1) is 37.6 Å². The van der Waals surface area contributed by atoms with Crippen molar-refractivity contribution in [3.8, 4) is 0 Å². The maximum absolute atomic E-state index is 14.0. The van der Waals surface area contributed by atoms with Crippen LogP contribution in [0.4, 0.5) is 0 Å². The number of ether oxygens (including phenoxy) is 3. The molecule has 0 radical (unpaired) electrons. The van der Waals surface area contributed by atoms with Gasteiger partial charge in [-0.25, -0.2) is 14.4 Å². The molecular formula is C40H32Cl4N4O10. The fourth-order valence-corrected chi connectivity index (χ4v) is 7.81. The van der Waals surface area contributed by atoms with E-state index in [-0.39, 0.29) is 37.0 Å². The highest BCUT2D eigenvalue weighted by Gasteiger charge is 2.62. The smallest absolute Gasteiger partial charge is 0.358 e. The van der Waals surface area contributed by atoms with Crippen molar-refractivity contribution < 1.29 is 47.8 Å². The Labute approximate surface area is 350 Å². The number of rotatable bonds is 13. The third-order valence-corrected chi connectivity index (χ3v) is 11.8. The molecule has 0 bridgehead atoms. The van der Waals surface area contributed by atoms with Crippen LogP contribution in [0.1, 0.15) is 29.5 Å². The summed E-state index contributed by atoms with van der Waals surface area (Å²) >= 11 is 25.5. The molecule has 300 valence electrons. The molecule has 0 unspecified atom stereocenters. The number of hydrogen-bond acceptors (Lipinski definition) is 10. The fraction of sp³-hybridized carbons (Fsp3) is 0.275. The number of carbonyl (C=O) groups excluding carboxylic acids is 7. The van der Waals surface area contributed by atoms with Crippen molar-refractivity contribution >= 4 is 93.5 Å². The highest BCUT2D eigenvalue weighted by atomic mass is 35.5. The number of carbonyl (C=O) groups is 7. The molecule has 3 aromatic carbocycles. The molecule has 4 aliphatic rings. The zero-order valence-electron chi connectivity index (χ0n) is 30.3.